The van der Waals surface area contributed by atoms with E-state index in [1.165, 1.54) is 6.20 Å². The van der Waals surface area contributed by atoms with Crippen LogP contribution in [0.1, 0.15) is 27.1 Å². The molecule has 26 heavy (non-hydrogen) atoms. The largest absolute Gasteiger partial charge is 0.338 e. The van der Waals surface area contributed by atoms with Gasteiger partial charge in [-0.25, -0.2) is 0 Å². The molecule has 1 saturated heterocycles. The summed E-state index contributed by atoms with van der Waals surface area (Å²) in [7, 11) is 0. The molecule has 0 aliphatic carbocycles. The minimum absolute atomic E-state index is 0. The van der Waals surface area contributed by atoms with Gasteiger partial charge in [-0.15, -0.1) is 24.8 Å². The normalized spacial score (nSPS) is 15.6. The zero-order valence-corrected chi connectivity index (χ0v) is 15.8. The Balaban J connectivity index is 0.00000169. The van der Waals surface area contributed by atoms with Crippen molar-refractivity contribution in [3.63, 3.8) is 0 Å². The molecule has 0 saturated carbocycles. The van der Waals surface area contributed by atoms with E-state index in [0.717, 1.165) is 13.0 Å². The number of carbonyl (C=O) groups excluding carboxylic acids is 2. The molecule has 6 nitrogen and oxygen atoms in total. The number of aromatic nitrogens is 1. The molecule has 2 aromatic rings. The van der Waals surface area contributed by atoms with Crippen LogP contribution in [0, 0.1) is 5.92 Å². The predicted molar refractivity (Wildman–Crippen MR) is 106 cm³/mol. The van der Waals surface area contributed by atoms with Gasteiger partial charge in [0.2, 0.25) is 0 Å². The SMILES string of the molecule is Cl.Cl.NCC1CCN(C(=O)c2cccc(NC(=O)c3cccnc3)c2)C1. The van der Waals surface area contributed by atoms with Crippen LogP contribution >= 0.6 is 24.8 Å². The highest BCUT2D eigenvalue weighted by Gasteiger charge is 2.26. The van der Waals surface area contributed by atoms with Gasteiger partial charge in [0.1, 0.15) is 0 Å². The van der Waals surface area contributed by atoms with Crippen molar-refractivity contribution < 1.29 is 9.59 Å². The van der Waals surface area contributed by atoms with Crippen molar-refractivity contribution in [3.8, 4) is 0 Å². The van der Waals surface area contributed by atoms with E-state index in [4.69, 9.17) is 5.73 Å². The van der Waals surface area contributed by atoms with Crippen LogP contribution in [0.5, 0.6) is 0 Å². The zero-order valence-electron chi connectivity index (χ0n) is 14.1. The maximum absolute atomic E-state index is 12.6. The molecule has 1 aromatic carbocycles. The van der Waals surface area contributed by atoms with Gasteiger partial charge in [-0.3, -0.25) is 14.6 Å². The van der Waals surface area contributed by atoms with Crippen LogP contribution in [0.4, 0.5) is 5.69 Å². The molecule has 1 aliphatic heterocycles. The summed E-state index contributed by atoms with van der Waals surface area (Å²) in [6, 6.07) is 10.4. The molecule has 0 bridgehead atoms. The second-order valence-electron chi connectivity index (χ2n) is 5.92. The summed E-state index contributed by atoms with van der Waals surface area (Å²) in [6.45, 7) is 2.03. The van der Waals surface area contributed by atoms with Crippen molar-refractivity contribution in [2.45, 2.75) is 6.42 Å². The lowest BCUT2D eigenvalue weighted by Gasteiger charge is -2.17. The Bertz CT molecular complexity index is 743. The Kier molecular flexibility index (Phi) is 8.51. The van der Waals surface area contributed by atoms with Gasteiger partial charge < -0.3 is 16.0 Å². The fourth-order valence-electron chi connectivity index (χ4n) is 2.82. The molecule has 1 atom stereocenters. The quantitative estimate of drug-likeness (QED) is 0.830. The lowest BCUT2D eigenvalue weighted by atomic mass is 10.1. The van der Waals surface area contributed by atoms with Gasteiger partial charge in [-0.1, -0.05) is 6.07 Å². The molecule has 3 rings (SSSR count). The van der Waals surface area contributed by atoms with Gasteiger partial charge in [0.05, 0.1) is 5.56 Å². The van der Waals surface area contributed by atoms with Crippen molar-refractivity contribution >= 4 is 42.3 Å². The van der Waals surface area contributed by atoms with E-state index in [9.17, 15) is 9.59 Å². The molecule has 140 valence electrons. The monoisotopic (exact) mass is 396 g/mol. The Labute approximate surface area is 165 Å². The first-order chi connectivity index (χ1) is 11.7. The van der Waals surface area contributed by atoms with Crippen LogP contribution in [0.2, 0.25) is 0 Å². The van der Waals surface area contributed by atoms with Gasteiger partial charge in [0.15, 0.2) is 0 Å². The molecule has 0 radical (unpaired) electrons. The van der Waals surface area contributed by atoms with Crippen molar-refractivity contribution in [2.24, 2.45) is 11.7 Å². The van der Waals surface area contributed by atoms with E-state index in [0.29, 0.717) is 35.8 Å². The van der Waals surface area contributed by atoms with Crippen molar-refractivity contribution in [1.29, 1.82) is 0 Å². The highest BCUT2D eigenvalue weighted by atomic mass is 35.5. The van der Waals surface area contributed by atoms with Gasteiger partial charge in [0, 0.05) is 36.7 Å². The standard InChI is InChI=1S/C18H20N4O2.2ClH/c19-10-13-6-8-22(12-13)18(24)14-3-1-5-16(9-14)21-17(23)15-4-2-7-20-11-15;;/h1-5,7,9,11,13H,6,8,10,12,19H2,(H,21,23);2*1H. The molecule has 1 unspecified atom stereocenters. The lowest BCUT2D eigenvalue weighted by molar-refractivity contribution is 0.0787. The molecule has 1 aliphatic rings. The number of benzene rings is 1. The number of hydrogen-bond donors (Lipinski definition) is 2. The third-order valence-corrected chi connectivity index (χ3v) is 4.20. The van der Waals surface area contributed by atoms with E-state index >= 15 is 0 Å². The van der Waals surface area contributed by atoms with Gasteiger partial charge in [-0.2, -0.15) is 0 Å². The summed E-state index contributed by atoms with van der Waals surface area (Å²) in [5.41, 5.74) is 7.30. The molecular weight excluding hydrogens is 375 g/mol. The lowest BCUT2D eigenvalue weighted by Crippen LogP contribution is -2.29. The van der Waals surface area contributed by atoms with Crippen LogP contribution < -0.4 is 11.1 Å². The van der Waals surface area contributed by atoms with E-state index in [2.05, 4.69) is 10.3 Å². The summed E-state index contributed by atoms with van der Waals surface area (Å²) in [6.07, 6.45) is 4.06. The number of carbonyl (C=O) groups is 2. The third kappa shape index (κ3) is 5.17. The van der Waals surface area contributed by atoms with Gasteiger partial charge in [0.25, 0.3) is 11.8 Å². The summed E-state index contributed by atoms with van der Waals surface area (Å²) >= 11 is 0. The average Bonchev–Trinajstić information content (AvgIpc) is 3.11. The predicted octanol–water partition coefficient (Wildman–Crippen LogP) is 2.60. The van der Waals surface area contributed by atoms with E-state index in [-0.39, 0.29) is 36.6 Å². The molecule has 0 spiro atoms. The van der Waals surface area contributed by atoms with Crippen LogP contribution in [-0.4, -0.2) is 41.3 Å². The summed E-state index contributed by atoms with van der Waals surface area (Å²) < 4.78 is 0. The van der Waals surface area contributed by atoms with E-state index in [1.807, 2.05) is 4.90 Å². The maximum Gasteiger partial charge on any atom is 0.257 e. The number of likely N-dealkylation sites (tertiary alicyclic amines) is 1. The second-order valence-corrected chi connectivity index (χ2v) is 5.92. The van der Waals surface area contributed by atoms with E-state index in [1.54, 1.807) is 42.6 Å². The number of anilines is 1. The molecular formula is C18H22Cl2N4O2. The first kappa shape index (κ1) is 21.9. The summed E-state index contributed by atoms with van der Waals surface area (Å²) in [5.74, 6) is 0.0999. The second kappa shape index (κ2) is 10.1. The molecule has 8 heteroatoms. The molecule has 2 amide bonds. The van der Waals surface area contributed by atoms with Gasteiger partial charge in [-0.05, 0) is 49.2 Å². The number of pyridine rings is 1. The topological polar surface area (TPSA) is 88.3 Å². The summed E-state index contributed by atoms with van der Waals surface area (Å²) in [4.78, 5) is 30.5. The summed E-state index contributed by atoms with van der Waals surface area (Å²) in [5, 5.41) is 2.79. The van der Waals surface area contributed by atoms with Crippen LogP contribution in [0.15, 0.2) is 48.8 Å². The highest BCUT2D eigenvalue weighted by molar-refractivity contribution is 6.04. The van der Waals surface area contributed by atoms with Crippen molar-refractivity contribution in [1.82, 2.24) is 9.88 Å². The molecule has 2 heterocycles. The minimum atomic E-state index is -0.253. The fourth-order valence-corrected chi connectivity index (χ4v) is 2.82. The molecule has 3 N–H and O–H groups in total. The molecule has 1 fully saturated rings. The average molecular weight is 397 g/mol. The van der Waals surface area contributed by atoms with Crippen LogP contribution in [0.3, 0.4) is 0 Å². The number of halogens is 2. The Morgan fingerprint density at radius 2 is 1.96 bits per heavy atom. The zero-order chi connectivity index (χ0) is 16.9. The Morgan fingerprint density at radius 3 is 2.62 bits per heavy atom. The van der Waals surface area contributed by atoms with Crippen LogP contribution in [0.25, 0.3) is 0 Å². The molecule has 1 aromatic heterocycles. The highest BCUT2D eigenvalue weighted by Crippen LogP contribution is 2.19. The first-order valence-electron chi connectivity index (χ1n) is 7.98. The number of rotatable bonds is 4. The number of nitrogens with two attached hydrogens (primary N) is 1. The number of amides is 2. The van der Waals surface area contributed by atoms with Crippen molar-refractivity contribution in [3.05, 3.63) is 59.9 Å². The fraction of sp³-hybridized carbons (Fsp3) is 0.278. The number of nitrogens with zero attached hydrogens (tertiary/aromatic N) is 2. The number of hydrogen-bond acceptors (Lipinski definition) is 4. The Hall–Kier alpha value is -2.15. The third-order valence-electron chi connectivity index (χ3n) is 4.20. The smallest absolute Gasteiger partial charge is 0.257 e. The van der Waals surface area contributed by atoms with E-state index < -0.39 is 0 Å². The van der Waals surface area contributed by atoms with Gasteiger partial charge >= 0.3 is 0 Å². The number of nitrogens with one attached hydrogen (secondary N) is 1. The minimum Gasteiger partial charge on any atom is -0.338 e. The maximum atomic E-state index is 12.6. The van der Waals surface area contributed by atoms with Crippen molar-refractivity contribution in [2.75, 3.05) is 25.0 Å². The Morgan fingerprint density at radius 1 is 1.19 bits per heavy atom. The first-order valence-corrected chi connectivity index (χ1v) is 7.98. The van der Waals surface area contributed by atoms with Crippen LogP contribution in [-0.2, 0) is 0 Å².